The molecule has 1 unspecified atom stereocenters. The van der Waals surface area contributed by atoms with Gasteiger partial charge in [0.05, 0.1) is 16.6 Å². The van der Waals surface area contributed by atoms with Crippen LogP contribution in [0.2, 0.25) is 0 Å². The number of aromatic amines is 1. The third-order valence-corrected chi connectivity index (χ3v) is 13.7. The Morgan fingerprint density at radius 1 is 0.746 bits per heavy atom. The third kappa shape index (κ3) is 7.68. The van der Waals surface area contributed by atoms with E-state index in [0.29, 0.717) is 11.1 Å². The summed E-state index contributed by atoms with van der Waals surface area (Å²) >= 11 is 0. The minimum absolute atomic E-state index is 0.0269. The number of hydrogen-bond donors (Lipinski definition) is 2. The average Bonchev–Trinajstić information content (AvgIpc) is 3.73. The molecule has 10 rings (SSSR count). The summed E-state index contributed by atoms with van der Waals surface area (Å²) in [5.41, 5.74) is 4.56. The fourth-order valence-electron chi connectivity index (χ4n) is 9.91. The first-order valence-corrected chi connectivity index (χ1v) is 21.6. The molecule has 0 radical (unpaired) electrons. The fraction of sp³-hybridized carbons (Fsp3) is 0.511. The average molecular weight is 800 g/mol. The van der Waals surface area contributed by atoms with Crippen molar-refractivity contribution in [3.63, 3.8) is 0 Å². The standard InChI is InChI=1S/C45H53N9O5/c1-45(13-14-45)59-33-7-9-37-36(26-33)41(49-48-37)31-12-15-46-39(24-31)53-22-18-51(19-23-53)28-30-4-2-29(3-5-30)27-50-16-20-52(21-17-50)32-6-8-34-35(25-32)44(58)54(43(34)57)38-10-11-40(55)47-42(38)56/h6-9,12,15,24-26,29-30,38H,2-5,10-11,13-14,16-23,27-28H2,1H3,(H,48,49)(H,47,55,56)/t29-,30-,38?. The minimum Gasteiger partial charge on any atom is -0.488 e. The summed E-state index contributed by atoms with van der Waals surface area (Å²) in [6, 6.07) is 14.9. The zero-order valence-electron chi connectivity index (χ0n) is 33.8. The van der Waals surface area contributed by atoms with Gasteiger partial charge >= 0.3 is 0 Å². The van der Waals surface area contributed by atoms with Gasteiger partial charge in [-0.05, 0) is 112 Å². The van der Waals surface area contributed by atoms with Crippen molar-refractivity contribution in [1.82, 2.24) is 35.2 Å². The molecule has 2 N–H and O–H groups in total. The number of piperazine rings is 2. The molecular formula is C45H53N9O5. The topological polar surface area (TPSA) is 147 Å². The van der Waals surface area contributed by atoms with Crippen LogP contribution in [0.25, 0.3) is 22.2 Å². The Morgan fingerprint density at radius 3 is 2.10 bits per heavy atom. The molecule has 3 saturated heterocycles. The number of ether oxygens (including phenoxy) is 1. The monoisotopic (exact) mass is 799 g/mol. The second-order valence-corrected chi connectivity index (χ2v) is 17.9. The lowest BCUT2D eigenvalue weighted by atomic mass is 9.81. The Balaban J connectivity index is 0.666. The SMILES string of the molecule is CC1(Oc2ccc3[nH]nc(-c4ccnc(N5CCN(C[C@H]6CC[C@H](CN7CCN(c8ccc9c(c8)C(=O)N(C8CCC(=O)NC8=O)C9=O)CC7)CC6)CC5)c4)c3c2)CC1. The van der Waals surface area contributed by atoms with Crippen LogP contribution in [0.15, 0.2) is 54.7 Å². The van der Waals surface area contributed by atoms with Gasteiger partial charge in [-0.2, -0.15) is 5.10 Å². The van der Waals surface area contributed by atoms with Gasteiger partial charge in [-0.1, -0.05) is 0 Å². The Bertz CT molecular complexity index is 2280. The van der Waals surface area contributed by atoms with Crippen LogP contribution in [0.5, 0.6) is 5.75 Å². The number of H-pyrrole nitrogens is 1. The van der Waals surface area contributed by atoms with Gasteiger partial charge in [-0.15, -0.1) is 0 Å². The summed E-state index contributed by atoms with van der Waals surface area (Å²) < 4.78 is 6.25. The van der Waals surface area contributed by atoms with E-state index in [1.54, 1.807) is 12.1 Å². The summed E-state index contributed by atoms with van der Waals surface area (Å²) in [6.45, 7) is 12.1. The third-order valence-electron chi connectivity index (χ3n) is 13.7. The smallest absolute Gasteiger partial charge is 0.262 e. The molecule has 308 valence electrons. The summed E-state index contributed by atoms with van der Waals surface area (Å²) in [4.78, 5) is 66.3. The number of benzene rings is 2. The summed E-state index contributed by atoms with van der Waals surface area (Å²) in [5.74, 6) is 1.49. The van der Waals surface area contributed by atoms with Gasteiger partial charge in [0.1, 0.15) is 28.9 Å². The van der Waals surface area contributed by atoms with Gasteiger partial charge in [0.25, 0.3) is 11.8 Å². The quantitative estimate of drug-likeness (QED) is 0.215. The van der Waals surface area contributed by atoms with Crippen LogP contribution in [0, 0.1) is 11.8 Å². The van der Waals surface area contributed by atoms with Crippen molar-refractivity contribution in [2.45, 2.75) is 69.9 Å². The van der Waals surface area contributed by atoms with Crippen LogP contribution in [0.4, 0.5) is 11.5 Å². The second-order valence-electron chi connectivity index (χ2n) is 17.9. The molecule has 2 saturated carbocycles. The highest BCUT2D eigenvalue weighted by Gasteiger charge is 2.45. The van der Waals surface area contributed by atoms with Crippen molar-refractivity contribution in [1.29, 1.82) is 0 Å². The molecule has 2 aliphatic carbocycles. The normalized spacial score (nSPS) is 25.1. The van der Waals surface area contributed by atoms with E-state index in [1.165, 1.54) is 32.2 Å². The Labute approximate surface area is 344 Å². The van der Waals surface area contributed by atoms with Gasteiger partial charge < -0.3 is 14.5 Å². The predicted octanol–water partition coefficient (Wildman–Crippen LogP) is 4.71. The summed E-state index contributed by atoms with van der Waals surface area (Å²) in [5, 5.41) is 11.2. The summed E-state index contributed by atoms with van der Waals surface area (Å²) in [6.07, 6.45) is 9.51. The molecule has 4 aromatic rings. The van der Waals surface area contributed by atoms with Crippen molar-refractivity contribution in [2.24, 2.45) is 11.8 Å². The maximum atomic E-state index is 13.4. The largest absolute Gasteiger partial charge is 0.488 e. The van der Waals surface area contributed by atoms with Gasteiger partial charge in [0, 0.05) is 94.7 Å². The van der Waals surface area contributed by atoms with Crippen molar-refractivity contribution in [3.05, 3.63) is 65.9 Å². The maximum Gasteiger partial charge on any atom is 0.262 e. The van der Waals surface area contributed by atoms with E-state index in [0.717, 1.165) is 128 Å². The molecule has 2 aromatic heterocycles. The summed E-state index contributed by atoms with van der Waals surface area (Å²) in [7, 11) is 0. The van der Waals surface area contributed by atoms with Crippen LogP contribution >= 0.6 is 0 Å². The van der Waals surface area contributed by atoms with E-state index in [2.05, 4.69) is 55.1 Å². The first-order chi connectivity index (χ1) is 28.7. The van der Waals surface area contributed by atoms with Crippen molar-refractivity contribution < 1.29 is 23.9 Å². The number of nitrogens with one attached hydrogen (secondary N) is 2. The number of amides is 4. The molecule has 6 heterocycles. The van der Waals surface area contributed by atoms with Gasteiger partial charge in [-0.3, -0.25) is 44.3 Å². The molecule has 4 aliphatic heterocycles. The zero-order valence-corrected chi connectivity index (χ0v) is 33.8. The Morgan fingerprint density at radius 2 is 1.42 bits per heavy atom. The predicted molar refractivity (Wildman–Crippen MR) is 223 cm³/mol. The lowest BCUT2D eigenvalue weighted by Crippen LogP contribution is -2.54. The van der Waals surface area contributed by atoms with Crippen LogP contribution < -0.4 is 19.9 Å². The van der Waals surface area contributed by atoms with Crippen LogP contribution in [-0.4, -0.2) is 131 Å². The van der Waals surface area contributed by atoms with E-state index in [9.17, 15) is 19.2 Å². The number of fused-ring (bicyclic) bond motifs is 2. The van der Waals surface area contributed by atoms with Crippen molar-refractivity contribution in [2.75, 3.05) is 75.2 Å². The van der Waals surface area contributed by atoms with E-state index in [4.69, 9.17) is 14.8 Å². The van der Waals surface area contributed by atoms with Gasteiger partial charge in [-0.25, -0.2) is 4.98 Å². The van der Waals surface area contributed by atoms with E-state index < -0.39 is 23.8 Å². The number of carbonyl (C=O) groups excluding carboxylic acids is 4. The molecule has 0 bridgehead atoms. The number of piperidine rings is 1. The lowest BCUT2D eigenvalue weighted by molar-refractivity contribution is -0.136. The Hall–Kier alpha value is -5.34. The van der Waals surface area contributed by atoms with Crippen LogP contribution in [0.1, 0.15) is 79.0 Å². The number of imide groups is 2. The zero-order chi connectivity index (χ0) is 40.3. The number of nitrogens with zero attached hydrogens (tertiary/aromatic N) is 7. The van der Waals surface area contributed by atoms with E-state index in [1.807, 2.05) is 24.4 Å². The molecule has 6 aliphatic rings. The highest BCUT2D eigenvalue weighted by atomic mass is 16.5. The molecule has 14 nitrogen and oxygen atoms in total. The van der Waals surface area contributed by atoms with Gasteiger partial charge in [0.15, 0.2) is 0 Å². The molecule has 1 atom stereocenters. The number of carbonyl (C=O) groups is 4. The first-order valence-electron chi connectivity index (χ1n) is 21.6. The Kier molecular flexibility index (Phi) is 9.87. The van der Waals surface area contributed by atoms with E-state index in [-0.39, 0.29) is 24.3 Å². The molecule has 5 fully saturated rings. The highest BCUT2D eigenvalue weighted by Crippen LogP contribution is 2.41. The van der Waals surface area contributed by atoms with E-state index >= 15 is 0 Å². The number of hydrogen-bond acceptors (Lipinski definition) is 11. The number of pyridine rings is 1. The molecule has 0 spiro atoms. The minimum atomic E-state index is -0.952. The lowest BCUT2D eigenvalue weighted by Gasteiger charge is -2.40. The van der Waals surface area contributed by atoms with Crippen molar-refractivity contribution >= 4 is 46.0 Å². The maximum absolute atomic E-state index is 13.4. The molecule has 59 heavy (non-hydrogen) atoms. The molecule has 2 aromatic carbocycles. The van der Waals surface area contributed by atoms with Crippen LogP contribution in [-0.2, 0) is 9.59 Å². The first kappa shape index (κ1) is 37.9. The number of rotatable bonds is 10. The van der Waals surface area contributed by atoms with Crippen molar-refractivity contribution in [3.8, 4) is 17.0 Å². The second kappa shape index (κ2) is 15.4. The molecule has 14 heteroatoms. The molecule has 4 amide bonds. The van der Waals surface area contributed by atoms with Gasteiger partial charge in [0.2, 0.25) is 11.8 Å². The van der Waals surface area contributed by atoms with Crippen LogP contribution in [0.3, 0.4) is 0 Å². The highest BCUT2D eigenvalue weighted by molar-refractivity contribution is 6.23. The number of anilines is 2. The fourth-order valence-corrected chi connectivity index (χ4v) is 9.91. The number of aromatic nitrogens is 3. The molecular weight excluding hydrogens is 747 g/mol.